The highest BCUT2D eigenvalue weighted by Crippen LogP contribution is 2.33. The van der Waals surface area contributed by atoms with Crippen molar-refractivity contribution in [3.8, 4) is 5.75 Å². The fourth-order valence-corrected chi connectivity index (χ4v) is 3.97. The quantitative estimate of drug-likeness (QED) is 0.336. The van der Waals surface area contributed by atoms with Gasteiger partial charge in [0.25, 0.3) is 5.91 Å². The van der Waals surface area contributed by atoms with Crippen LogP contribution in [0.4, 0.5) is 5.69 Å². The predicted molar refractivity (Wildman–Crippen MR) is 136 cm³/mol. The molecule has 7 nitrogen and oxygen atoms in total. The lowest BCUT2D eigenvalue weighted by Gasteiger charge is -2.26. The molecule has 1 N–H and O–H groups in total. The lowest BCUT2D eigenvalue weighted by atomic mass is 10.1. The Morgan fingerprint density at radius 3 is 2.21 bits per heavy atom. The maximum atomic E-state index is 12.9. The minimum atomic E-state index is -0.487. The molecule has 0 unspecified atom stereocenters. The van der Waals surface area contributed by atoms with Crippen LogP contribution in [-0.4, -0.2) is 35.7 Å². The van der Waals surface area contributed by atoms with Crippen LogP contribution in [0.25, 0.3) is 0 Å². The van der Waals surface area contributed by atoms with E-state index in [4.69, 9.17) is 44.9 Å². The molecular formula is C24H21Cl2N3O4S. The number of benzene rings is 2. The van der Waals surface area contributed by atoms with E-state index in [0.29, 0.717) is 17.8 Å². The average Bonchev–Trinajstić information content (AvgIpc) is 2.83. The molecule has 0 bridgehead atoms. The SMILES string of the molecule is CCOC(=O)c1ccc(N(Cc2ccncc2)C(=S)NC(=O)c2cc(Cl)c(OC)c(Cl)c2)cc1. The Morgan fingerprint density at radius 1 is 1.03 bits per heavy atom. The summed E-state index contributed by atoms with van der Waals surface area (Å²) >= 11 is 17.9. The Morgan fingerprint density at radius 2 is 1.65 bits per heavy atom. The Labute approximate surface area is 212 Å². The molecule has 0 saturated carbocycles. The number of thiocarbonyl (C=S) groups is 1. The molecule has 1 heterocycles. The van der Waals surface area contributed by atoms with Crippen molar-refractivity contribution in [3.05, 3.63) is 87.7 Å². The van der Waals surface area contributed by atoms with Crippen LogP contribution >= 0.6 is 35.4 Å². The molecule has 1 amide bonds. The number of anilines is 1. The van der Waals surface area contributed by atoms with Gasteiger partial charge in [0.05, 0.1) is 35.9 Å². The number of carbonyl (C=O) groups is 2. The topological polar surface area (TPSA) is 80.8 Å². The zero-order valence-electron chi connectivity index (χ0n) is 18.4. The van der Waals surface area contributed by atoms with Crippen molar-refractivity contribution in [1.82, 2.24) is 10.3 Å². The van der Waals surface area contributed by atoms with Crippen molar-refractivity contribution >= 4 is 58.1 Å². The number of methoxy groups -OCH3 is 1. The van der Waals surface area contributed by atoms with Crippen LogP contribution in [0, 0.1) is 0 Å². The smallest absolute Gasteiger partial charge is 0.338 e. The highest BCUT2D eigenvalue weighted by molar-refractivity contribution is 7.80. The zero-order valence-corrected chi connectivity index (χ0v) is 20.7. The van der Waals surface area contributed by atoms with Crippen molar-refractivity contribution < 1.29 is 19.1 Å². The predicted octanol–water partition coefficient (Wildman–Crippen LogP) is 5.30. The summed E-state index contributed by atoms with van der Waals surface area (Å²) in [5.41, 5.74) is 2.21. The van der Waals surface area contributed by atoms with Crippen LogP contribution in [0.1, 0.15) is 33.2 Å². The highest BCUT2D eigenvalue weighted by atomic mass is 35.5. The second-order valence-corrected chi connectivity index (χ2v) is 8.14. The first-order valence-electron chi connectivity index (χ1n) is 10.2. The van der Waals surface area contributed by atoms with Gasteiger partial charge in [0.15, 0.2) is 10.9 Å². The van der Waals surface area contributed by atoms with Gasteiger partial charge in [0.1, 0.15) is 0 Å². The Hall–Kier alpha value is -3.20. The van der Waals surface area contributed by atoms with Gasteiger partial charge in [-0.2, -0.15) is 0 Å². The van der Waals surface area contributed by atoms with Gasteiger partial charge in [-0.1, -0.05) is 23.2 Å². The van der Waals surface area contributed by atoms with E-state index in [0.717, 1.165) is 5.56 Å². The Bertz CT molecular complexity index is 1170. The Balaban J connectivity index is 1.86. The normalized spacial score (nSPS) is 10.4. The number of hydrogen-bond donors (Lipinski definition) is 1. The largest absolute Gasteiger partial charge is 0.494 e. The van der Waals surface area contributed by atoms with Gasteiger partial charge in [-0.3, -0.25) is 15.1 Å². The summed E-state index contributed by atoms with van der Waals surface area (Å²) in [6.07, 6.45) is 3.33. The lowest BCUT2D eigenvalue weighted by molar-refractivity contribution is 0.0526. The summed E-state index contributed by atoms with van der Waals surface area (Å²) < 4.78 is 10.2. The van der Waals surface area contributed by atoms with Gasteiger partial charge in [0.2, 0.25) is 0 Å². The molecule has 3 aromatic rings. The van der Waals surface area contributed by atoms with Gasteiger partial charge < -0.3 is 14.4 Å². The first-order chi connectivity index (χ1) is 16.3. The zero-order chi connectivity index (χ0) is 24.7. The van der Waals surface area contributed by atoms with Gasteiger partial charge in [-0.05, 0) is 73.2 Å². The molecule has 176 valence electrons. The van der Waals surface area contributed by atoms with E-state index in [1.807, 2.05) is 12.1 Å². The molecule has 0 saturated heterocycles. The monoisotopic (exact) mass is 517 g/mol. The molecule has 0 atom stereocenters. The summed E-state index contributed by atoms with van der Waals surface area (Å²) in [5.74, 6) is -0.623. The van der Waals surface area contributed by atoms with E-state index in [9.17, 15) is 9.59 Å². The lowest BCUT2D eigenvalue weighted by Crippen LogP contribution is -2.42. The van der Waals surface area contributed by atoms with Gasteiger partial charge >= 0.3 is 5.97 Å². The van der Waals surface area contributed by atoms with E-state index in [-0.39, 0.29) is 33.1 Å². The molecule has 0 fully saturated rings. The number of carbonyl (C=O) groups excluding carboxylic acids is 2. The van der Waals surface area contributed by atoms with Crippen molar-refractivity contribution in [2.75, 3.05) is 18.6 Å². The van der Waals surface area contributed by atoms with Crippen molar-refractivity contribution in [2.45, 2.75) is 13.5 Å². The van der Waals surface area contributed by atoms with Gasteiger partial charge in [-0.15, -0.1) is 0 Å². The van der Waals surface area contributed by atoms with E-state index in [2.05, 4.69) is 10.3 Å². The summed E-state index contributed by atoms with van der Waals surface area (Å²) in [6.45, 7) is 2.38. The number of nitrogens with one attached hydrogen (secondary N) is 1. The summed E-state index contributed by atoms with van der Waals surface area (Å²) in [4.78, 5) is 30.7. The molecular weight excluding hydrogens is 497 g/mol. The second-order valence-electron chi connectivity index (χ2n) is 6.94. The molecule has 0 aliphatic rings. The number of esters is 1. The highest BCUT2D eigenvalue weighted by Gasteiger charge is 2.19. The third kappa shape index (κ3) is 6.22. The molecule has 1 aromatic heterocycles. The fourth-order valence-electron chi connectivity index (χ4n) is 3.07. The second kappa shape index (κ2) is 11.8. The van der Waals surface area contributed by atoms with Crippen LogP contribution in [0.5, 0.6) is 5.75 Å². The maximum absolute atomic E-state index is 12.9. The van der Waals surface area contributed by atoms with E-state index in [1.165, 1.54) is 19.2 Å². The number of ether oxygens (including phenoxy) is 2. The molecule has 0 radical (unpaired) electrons. The number of nitrogens with zero attached hydrogens (tertiary/aromatic N) is 2. The third-order valence-corrected chi connectivity index (χ3v) is 5.59. The molecule has 0 aliphatic carbocycles. The first-order valence-corrected chi connectivity index (χ1v) is 11.3. The summed E-state index contributed by atoms with van der Waals surface area (Å²) in [5, 5.41) is 3.27. The number of pyridine rings is 1. The molecule has 0 aliphatic heterocycles. The van der Waals surface area contributed by atoms with Gasteiger partial charge in [-0.25, -0.2) is 4.79 Å². The number of aromatic nitrogens is 1. The molecule has 2 aromatic carbocycles. The van der Waals surface area contributed by atoms with E-state index >= 15 is 0 Å². The van der Waals surface area contributed by atoms with Crippen LogP contribution in [0.3, 0.4) is 0 Å². The molecule has 0 spiro atoms. The molecule has 34 heavy (non-hydrogen) atoms. The molecule has 10 heteroatoms. The average molecular weight is 518 g/mol. The van der Waals surface area contributed by atoms with E-state index < -0.39 is 11.9 Å². The van der Waals surface area contributed by atoms with E-state index in [1.54, 1.807) is 48.5 Å². The molecule has 3 rings (SSSR count). The van der Waals surface area contributed by atoms with Crippen molar-refractivity contribution in [1.29, 1.82) is 0 Å². The third-order valence-electron chi connectivity index (χ3n) is 4.71. The summed E-state index contributed by atoms with van der Waals surface area (Å²) in [6, 6.07) is 13.3. The van der Waals surface area contributed by atoms with Crippen LogP contribution in [-0.2, 0) is 11.3 Å². The fraction of sp³-hybridized carbons (Fsp3) is 0.167. The Kier molecular flexibility index (Phi) is 8.81. The maximum Gasteiger partial charge on any atom is 0.338 e. The summed E-state index contributed by atoms with van der Waals surface area (Å²) in [7, 11) is 1.44. The number of amides is 1. The number of hydrogen-bond acceptors (Lipinski definition) is 6. The first kappa shape index (κ1) is 25.4. The van der Waals surface area contributed by atoms with Crippen molar-refractivity contribution in [2.24, 2.45) is 0 Å². The minimum Gasteiger partial charge on any atom is -0.494 e. The van der Waals surface area contributed by atoms with Crippen LogP contribution in [0.2, 0.25) is 10.0 Å². The minimum absolute atomic E-state index is 0.147. The standard InChI is InChI=1S/C24H21Cl2N3O4S/c1-3-33-23(31)16-4-6-18(7-5-16)29(14-15-8-10-27-11-9-15)24(34)28-22(30)17-12-19(25)21(32-2)20(26)13-17/h4-13H,3,14H2,1-2H3,(H,28,30,34). The van der Waals surface area contributed by atoms with Crippen LogP contribution in [0.15, 0.2) is 60.9 Å². The van der Waals surface area contributed by atoms with Gasteiger partial charge in [0, 0.05) is 23.6 Å². The number of rotatable bonds is 7. The van der Waals surface area contributed by atoms with Crippen LogP contribution < -0.4 is 15.0 Å². The number of halogens is 2. The van der Waals surface area contributed by atoms with Crippen molar-refractivity contribution in [3.63, 3.8) is 0 Å².